The van der Waals surface area contributed by atoms with Crippen molar-refractivity contribution in [1.29, 1.82) is 0 Å². The van der Waals surface area contributed by atoms with Crippen LogP contribution in [-0.2, 0) is 16.4 Å². The standard InChI is InChI=1S/C24H30N4O5S/c1-2-18-33-22-9-5-4-8-21(22)23(29)25-15-14-19-10-12-20(13-11-19)34(31,32)27-24(30)26-28-16-6-3-7-17-28/h2,4-5,8-13H,1,3,6-7,14-18H2,(H,25,29)(H2,26,27,30). The van der Waals surface area contributed by atoms with Gasteiger partial charge >= 0.3 is 6.03 Å². The zero-order valence-corrected chi connectivity index (χ0v) is 19.8. The number of sulfonamides is 1. The smallest absolute Gasteiger partial charge is 0.343 e. The Morgan fingerprint density at radius 2 is 1.74 bits per heavy atom. The number of hydrogen-bond donors (Lipinski definition) is 3. The molecule has 3 amide bonds. The fourth-order valence-corrected chi connectivity index (χ4v) is 4.43. The molecule has 3 rings (SSSR count). The van der Waals surface area contributed by atoms with E-state index in [-0.39, 0.29) is 10.8 Å². The highest BCUT2D eigenvalue weighted by Crippen LogP contribution is 2.18. The molecule has 9 nitrogen and oxygen atoms in total. The SMILES string of the molecule is C=CCOc1ccccc1C(=O)NCCc1ccc(S(=O)(=O)NC(=O)NN2CCCCC2)cc1. The molecule has 10 heteroatoms. The second-order valence-electron chi connectivity index (χ2n) is 7.84. The minimum atomic E-state index is -3.99. The van der Waals surface area contributed by atoms with Crippen LogP contribution in [0.3, 0.4) is 0 Å². The summed E-state index contributed by atoms with van der Waals surface area (Å²) in [6.07, 6.45) is 5.14. The molecule has 2 aromatic carbocycles. The van der Waals surface area contributed by atoms with Crippen molar-refractivity contribution in [2.45, 2.75) is 30.6 Å². The molecule has 0 atom stereocenters. The van der Waals surface area contributed by atoms with E-state index in [0.29, 0.717) is 44.0 Å². The van der Waals surface area contributed by atoms with Crippen molar-refractivity contribution in [1.82, 2.24) is 20.5 Å². The van der Waals surface area contributed by atoms with Crippen LogP contribution >= 0.6 is 0 Å². The van der Waals surface area contributed by atoms with Gasteiger partial charge in [-0.2, -0.15) is 0 Å². The van der Waals surface area contributed by atoms with Gasteiger partial charge in [0.15, 0.2) is 0 Å². The van der Waals surface area contributed by atoms with Gasteiger partial charge in [-0.1, -0.05) is 43.3 Å². The summed E-state index contributed by atoms with van der Waals surface area (Å²) in [5.41, 5.74) is 3.84. The second kappa shape index (κ2) is 12.2. The van der Waals surface area contributed by atoms with Gasteiger partial charge in [0.2, 0.25) is 0 Å². The van der Waals surface area contributed by atoms with Crippen LogP contribution in [0, 0.1) is 0 Å². The Kier molecular flexibility index (Phi) is 9.06. The van der Waals surface area contributed by atoms with Gasteiger partial charge in [-0.05, 0) is 49.1 Å². The normalized spacial score (nSPS) is 14.1. The number of carbonyl (C=O) groups excluding carboxylic acids is 2. The lowest BCUT2D eigenvalue weighted by Gasteiger charge is -2.26. The van der Waals surface area contributed by atoms with Gasteiger partial charge < -0.3 is 10.1 Å². The predicted octanol–water partition coefficient (Wildman–Crippen LogP) is 2.61. The molecule has 0 spiro atoms. The average Bonchev–Trinajstić information content (AvgIpc) is 2.83. The van der Waals surface area contributed by atoms with E-state index in [1.54, 1.807) is 47.5 Å². The van der Waals surface area contributed by atoms with Gasteiger partial charge in [-0.15, -0.1) is 0 Å². The van der Waals surface area contributed by atoms with Crippen molar-refractivity contribution < 1.29 is 22.7 Å². The van der Waals surface area contributed by atoms with Crippen molar-refractivity contribution in [2.24, 2.45) is 0 Å². The summed E-state index contributed by atoms with van der Waals surface area (Å²) in [6.45, 7) is 5.66. The Labute approximate surface area is 200 Å². The number of hydrazine groups is 1. The monoisotopic (exact) mass is 486 g/mol. The minimum absolute atomic E-state index is 0.0117. The Morgan fingerprint density at radius 1 is 1.03 bits per heavy atom. The molecule has 0 aromatic heterocycles. The van der Waals surface area contributed by atoms with Crippen molar-refractivity contribution in [3.8, 4) is 5.75 Å². The molecule has 1 saturated heterocycles. The predicted molar refractivity (Wildman–Crippen MR) is 129 cm³/mol. The zero-order chi connectivity index (χ0) is 24.4. The Morgan fingerprint density at radius 3 is 2.44 bits per heavy atom. The first-order valence-corrected chi connectivity index (χ1v) is 12.7. The van der Waals surface area contributed by atoms with Crippen molar-refractivity contribution in [3.05, 3.63) is 72.3 Å². The topological polar surface area (TPSA) is 117 Å². The van der Waals surface area contributed by atoms with Gasteiger partial charge in [-0.25, -0.2) is 22.9 Å². The molecule has 0 unspecified atom stereocenters. The maximum atomic E-state index is 12.5. The molecule has 0 bridgehead atoms. The van der Waals surface area contributed by atoms with Gasteiger partial charge in [0.1, 0.15) is 12.4 Å². The number of ether oxygens (including phenoxy) is 1. The lowest BCUT2D eigenvalue weighted by atomic mass is 10.1. The third-order valence-corrected chi connectivity index (χ3v) is 6.61. The van der Waals surface area contributed by atoms with E-state index in [4.69, 9.17) is 4.74 Å². The van der Waals surface area contributed by atoms with E-state index in [0.717, 1.165) is 24.8 Å². The van der Waals surface area contributed by atoms with Crippen LogP contribution in [0.4, 0.5) is 4.79 Å². The van der Waals surface area contributed by atoms with E-state index >= 15 is 0 Å². The highest BCUT2D eigenvalue weighted by Gasteiger charge is 2.20. The Bertz CT molecular complexity index is 1100. The molecule has 2 aromatic rings. The lowest BCUT2D eigenvalue weighted by Crippen LogP contribution is -2.50. The van der Waals surface area contributed by atoms with Crippen LogP contribution in [-0.4, -0.2) is 51.6 Å². The second-order valence-corrected chi connectivity index (χ2v) is 9.52. The molecular formula is C24H30N4O5S. The van der Waals surface area contributed by atoms with Crippen molar-refractivity contribution in [3.63, 3.8) is 0 Å². The highest BCUT2D eigenvalue weighted by molar-refractivity contribution is 7.90. The molecule has 182 valence electrons. The van der Waals surface area contributed by atoms with E-state index in [2.05, 4.69) is 17.3 Å². The third kappa shape index (κ3) is 7.32. The highest BCUT2D eigenvalue weighted by atomic mass is 32.2. The number of carbonyl (C=O) groups is 2. The first-order valence-electron chi connectivity index (χ1n) is 11.2. The Balaban J connectivity index is 1.50. The number of amides is 3. The average molecular weight is 487 g/mol. The van der Waals surface area contributed by atoms with E-state index in [1.807, 2.05) is 4.72 Å². The number of para-hydroxylation sites is 1. The van der Waals surface area contributed by atoms with Crippen LogP contribution in [0.2, 0.25) is 0 Å². The molecular weight excluding hydrogens is 456 g/mol. The molecule has 1 aliphatic heterocycles. The van der Waals surface area contributed by atoms with Crippen molar-refractivity contribution in [2.75, 3.05) is 26.2 Å². The van der Waals surface area contributed by atoms with Crippen LogP contribution in [0.15, 0.2) is 66.1 Å². The fraction of sp³-hybridized carbons (Fsp3) is 0.333. The van der Waals surface area contributed by atoms with Gasteiger partial charge in [0.05, 0.1) is 10.5 Å². The van der Waals surface area contributed by atoms with Gasteiger partial charge in [0.25, 0.3) is 15.9 Å². The van der Waals surface area contributed by atoms with Crippen LogP contribution in [0.25, 0.3) is 0 Å². The van der Waals surface area contributed by atoms with E-state index in [9.17, 15) is 18.0 Å². The summed E-state index contributed by atoms with van der Waals surface area (Å²) in [4.78, 5) is 24.6. The largest absolute Gasteiger partial charge is 0.489 e. The number of rotatable bonds is 10. The summed E-state index contributed by atoms with van der Waals surface area (Å²) >= 11 is 0. The number of urea groups is 1. The molecule has 1 heterocycles. The maximum Gasteiger partial charge on any atom is 0.343 e. The molecule has 1 fully saturated rings. The minimum Gasteiger partial charge on any atom is -0.489 e. The molecule has 0 radical (unpaired) electrons. The maximum absolute atomic E-state index is 12.5. The van der Waals surface area contributed by atoms with Crippen LogP contribution < -0.4 is 20.2 Å². The van der Waals surface area contributed by atoms with Gasteiger partial charge in [-0.3, -0.25) is 10.2 Å². The fourth-order valence-electron chi connectivity index (χ4n) is 3.53. The first kappa shape index (κ1) is 25.3. The summed E-state index contributed by atoms with van der Waals surface area (Å²) in [5.74, 6) is 0.217. The van der Waals surface area contributed by atoms with Crippen molar-refractivity contribution >= 4 is 22.0 Å². The summed E-state index contributed by atoms with van der Waals surface area (Å²) in [6, 6.07) is 12.4. The Hall–Kier alpha value is -3.37. The van der Waals surface area contributed by atoms with E-state index in [1.165, 1.54) is 12.1 Å². The third-order valence-electron chi connectivity index (χ3n) is 5.26. The first-order chi connectivity index (χ1) is 16.4. The number of hydrogen-bond acceptors (Lipinski definition) is 6. The lowest BCUT2D eigenvalue weighted by molar-refractivity contribution is 0.0950. The van der Waals surface area contributed by atoms with Gasteiger partial charge in [0, 0.05) is 19.6 Å². The molecule has 1 aliphatic rings. The van der Waals surface area contributed by atoms with Crippen LogP contribution in [0.1, 0.15) is 35.2 Å². The molecule has 3 N–H and O–H groups in total. The number of piperidine rings is 1. The molecule has 34 heavy (non-hydrogen) atoms. The van der Waals surface area contributed by atoms with Crippen LogP contribution in [0.5, 0.6) is 5.75 Å². The summed E-state index contributed by atoms with van der Waals surface area (Å²) < 4.78 is 32.5. The van der Waals surface area contributed by atoms with E-state index < -0.39 is 16.1 Å². The number of benzene rings is 2. The molecule has 0 saturated carbocycles. The summed E-state index contributed by atoms with van der Waals surface area (Å²) in [7, 11) is -3.99. The zero-order valence-electron chi connectivity index (χ0n) is 19.0. The number of nitrogens with one attached hydrogen (secondary N) is 3. The number of nitrogens with zero attached hydrogens (tertiary/aromatic N) is 1. The summed E-state index contributed by atoms with van der Waals surface area (Å²) in [5, 5.41) is 4.56. The molecule has 0 aliphatic carbocycles. The quantitative estimate of drug-likeness (QED) is 0.445.